The van der Waals surface area contributed by atoms with Gasteiger partial charge in [0.05, 0.1) is 12.8 Å². The standard InChI is InChI=1S/C24H22N6O2S/c1-17-5-2-6-19(15-17)23-27-28-24(30(23)16-20-7-3-13-31-20)33-14-4-8-21-26-22(29-32-21)18-9-11-25-12-10-18/h2-3,5-7,9-13,15H,4,8,14,16H2,1H3. The van der Waals surface area contributed by atoms with Crippen molar-refractivity contribution in [2.45, 2.75) is 31.5 Å². The molecule has 0 aliphatic rings. The summed E-state index contributed by atoms with van der Waals surface area (Å²) >= 11 is 1.66. The van der Waals surface area contributed by atoms with Crippen LogP contribution in [0.1, 0.15) is 23.6 Å². The molecule has 8 nitrogen and oxygen atoms in total. The minimum Gasteiger partial charge on any atom is -0.467 e. The van der Waals surface area contributed by atoms with Crippen molar-refractivity contribution in [3.8, 4) is 22.8 Å². The highest BCUT2D eigenvalue weighted by Crippen LogP contribution is 2.26. The van der Waals surface area contributed by atoms with Gasteiger partial charge in [0, 0.05) is 35.7 Å². The highest BCUT2D eigenvalue weighted by atomic mass is 32.2. The van der Waals surface area contributed by atoms with Gasteiger partial charge in [0.25, 0.3) is 0 Å². The number of rotatable bonds is 9. The third-order valence-corrected chi connectivity index (χ3v) is 6.11. The molecule has 0 saturated carbocycles. The van der Waals surface area contributed by atoms with Crippen LogP contribution in [0.5, 0.6) is 0 Å². The van der Waals surface area contributed by atoms with Crippen molar-refractivity contribution in [1.82, 2.24) is 29.9 Å². The number of aromatic nitrogens is 6. The van der Waals surface area contributed by atoms with Crippen LogP contribution in [0.4, 0.5) is 0 Å². The van der Waals surface area contributed by atoms with Crippen LogP contribution in [0.2, 0.25) is 0 Å². The molecule has 1 aromatic carbocycles. The van der Waals surface area contributed by atoms with E-state index in [4.69, 9.17) is 8.94 Å². The maximum atomic E-state index is 5.58. The lowest BCUT2D eigenvalue weighted by molar-refractivity contribution is 0.378. The van der Waals surface area contributed by atoms with Gasteiger partial charge in [0.15, 0.2) is 11.0 Å². The highest BCUT2D eigenvalue weighted by Gasteiger charge is 2.16. The smallest absolute Gasteiger partial charge is 0.226 e. The van der Waals surface area contributed by atoms with E-state index in [0.717, 1.165) is 40.0 Å². The molecular formula is C24H22N6O2S. The Morgan fingerprint density at radius 3 is 2.73 bits per heavy atom. The van der Waals surface area contributed by atoms with Crippen LogP contribution in [0.15, 0.2) is 81.3 Å². The minimum atomic E-state index is 0.574. The molecule has 0 spiro atoms. The number of aryl methyl sites for hydroxylation is 2. The van der Waals surface area contributed by atoms with Gasteiger partial charge in [0.1, 0.15) is 5.76 Å². The van der Waals surface area contributed by atoms with Crippen LogP contribution in [-0.2, 0) is 13.0 Å². The van der Waals surface area contributed by atoms with Crippen molar-refractivity contribution >= 4 is 11.8 Å². The molecule has 0 radical (unpaired) electrons. The van der Waals surface area contributed by atoms with Crippen LogP contribution in [0.25, 0.3) is 22.8 Å². The molecule has 0 saturated heterocycles. The molecule has 4 aromatic heterocycles. The maximum absolute atomic E-state index is 5.58. The zero-order chi connectivity index (χ0) is 22.5. The molecule has 0 amide bonds. The molecule has 0 N–H and O–H groups in total. The van der Waals surface area contributed by atoms with Gasteiger partial charge >= 0.3 is 0 Å². The Bertz CT molecular complexity index is 1310. The summed E-state index contributed by atoms with van der Waals surface area (Å²) in [5.41, 5.74) is 3.11. The molecule has 0 aliphatic heterocycles. The van der Waals surface area contributed by atoms with E-state index in [9.17, 15) is 0 Å². The first kappa shape index (κ1) is 21.1. The second-order valence-corrected chi connectivity index (χ2v) is 8.60. The Hall–Kier alpha value is -3.72. The zero-order valence-corrected chi connectivity index (χ0v) is 18.9. The molecule has 4 heterocycles. The molecule has 0 atom stereocenters. The summed E-state index contributed by atoms with van der Waals surface area (Å²) in [6, 6.07) is 15.9. The summed E-state index contributed by atoms with van der Waals surface area (Å²) in [6.45, 7) is 2.65. The third kappa shape index (κ3) is 5.04. The van der Waals surface area contributed by atoms with Gasteiger partial charge in [0.2, 0.25) is 11.7 Å². The lowest BCUT2D eigenvalue weighted by Gasteiger charge is -2.09. The number of pyridine rings is 1. The summed E-state index contributed by atoms with van der Waals surface area (Å²) in [4.78, 5) is 8.50. The number of hydrogen-bond acceptors (Lipinski definition) is 8. The Labute approximate surface area is 195 Å². The van der Waals surface area contributed by atoms with Crippen LogP contribution in [0, 0.1) is 6.92 Å². The monoisotopic (exact) mass is 458 g/mol. The van der Waals surface area contributed by atoms with Crippen LogP contribution >= 0.6 is 11.8 Å². The molecule has 0 aliphatic carbocycles. The predicted octanol–water partition coefficient (Wildman–Crippen LogP) is 5.06. The topological polar surface area (TPSA) is 95.7 Å². The molecule has 0 bridgehead atoms. The number of nitrogens with zero attached hydrogens (tertiary/aromatic N) is 6. The van der Waals surface area contributed by atoms with E-state index in [0.29, 0.717) is 24.7 Å². The molecule has 0 unspecified atom stereocenters. The number of benzene rings is 1. The quantitative estimate of drug-likeness (QED) is 0.223. The summed E-state index contributed by atoms with van der Waals surface area (Å²) in [5, 5.41) is 13.9. The lowest BCUT2D eigenvalue weighted by atomic mass is 10.1. The van der Waals surface area contributed by atoms with Crippen LogP contribution < -0.4 is 0 Å². The van der Waals surface area contributed by atoms with E-state index in [-0.39, 0.29) is 0 Å². The summed E-state index contributed by atoms with van der Waals surface area (Å²) in [5.74, 6) is 3.74. The Morgan fingerprint density at radius 2 is 1.91 bits per heavy atom. The summed E-state index contributed by atoms with van der Waals surface area (Å²) in [7, 11) is 0. The van der Waals surface area contributed by atoms with E-state index in [1.807, 2.05) is 30.3 Å². The maximum Gasteiger partial charge on any atom is 0.226 e. The van der Waals surface area contributed by atoms with Gasteiger partial charge in [-0.2, -0.15) is 4.98 Å². The van der Waals surface area contributed by atoms with Crippen molar-refractivity contribution in [3.63, 3.8) is 0 Å². The Morgan fingerprint density at radius 1 is 1.00 bits per heavy atom. The third-order valence-electron chi connectivity index (χ3n) is 5.06. The van der Waals surface area contributed by atoms with Crippen molar-refractivity contribution in [2.75, 3.05) is 5.75 Å². The van der Waals surface area contributed by atoms with Crippen molar-refractivity contribution < 1.29 is 8.94 Å². The van der Waals surface area contributed by atoms with E-state index >= 15 is 0 Å². The SMILES string of the molecule is Cc1cccc(-c2nnc(SCCCc3nc(-c4ccncc4)no3)n2Cc2ccco2)c1. The average molecular weight is 459 g/mol. The van der Waals surface area contributed by atoms with Crippen molar-refractivity contribution in [2.24, 2.45) is 0 Å². The second kappa shape index (κ2) is 9.83. The normalized spacial score (nSPS) is 11.2. The van der Waals surface area contributed by atoms with E-state index in [1.165, 1.54) is 5.56 Å². The molecule has 33 heavy (non-hydrogen) atoms. The highest BCUT2D eigenvalue weighted by molar-refractivity contribution is 7.99. The van der Waals surface area contributed by atoms with Gasteiger partial charge in [-0.25, -0.2) is 0 Å². The molecule has 9 heteroatoms. The Kier molecular flexibility index (Phi) is 6.30. The van der Waals surface area contributed by atoms with Crippen molar-refractivity contribution in [3.05, 3.63) is 84.4 Å². The fourth-order valence-corrected chi connectivity index (χ4v) is 4.33. The first-order valence-corrected chi connectivity index (χ1v) is 11.6. The molecule has 5 aromatic rings. The van der Waals surface area contributed by atoms with Crippen LogP contribution in [-0.4, -0.2) is 35.6 Å². The largest absolute Gasteiger partial charge is 0.467 e. The second-order valence-electron chi connectivity index (χ2n) is 7.54. The van der Waals surface area contributed by atoms with Gasteiger partial charge in [-0.3, -0.25) is 9.55 Å². The molecule has 166 valence electrons. The zero-order valence-electron chi connectivity index (χ0n) is 18.1. The lowest BCUT2D eigenvalue weighted by Crippen LogP contribution is -2.04. The van der Waals surface area contributed by atoms with E-state index in [2.05, 4.69) is 55.0 Å². The van der Waals surface area contributed by atoms with Gasteiger partial charge < -0.3 is 8.94 Å². The fraction of sp³-hybridized carbons (Fsp3) is 0.208. The minimum absolute atomic E-state index is 0.574. The Balaban J connectivity index is 1.26. The van der Waals surface area contributed by atoms with Crippen LogP contribution in [0.3, 0.4) is 0 Å². The molecular weight excluding hydrogens is 436 g/mol. The average Bonchev–Trinajstić information content (AvgIpc) is 3.60. The fourth-order valence-electron chi connectivity index (χ4n) is 3.46. The molecule has 5 rings (SSSR count). The number of hydrogen-bond donors (Lipinski definition) is 0. The first-order chi connectivity index (χ1) is 16.3. The van der Waals surface area contributed by atoms with E-state index < -0.39 is 0 Å². The predicted molar refractivity (Wildman–Crippen MR) is 125 cm³/mol. The number of thioether (sulfide) groups is 1. The summed E-state index contributed by atoms with van der Waals surface area (Å²) < 4.78 is 13.1. The van der Waals surface area contributed by atoms with Gasteiger partial charge in [-0.15, -0.1) is 10.2 Å². The van der Waals surface area contributed by atoms with Crippen molar-refractivity contribution in [1.29, 1.82) is 0 Å². The van der Waals surface area contributed by atoms with Gasteiger partial charge in [-0.05, 0) is 43.7 Å². The summed E-state index contributed by atoms with van der Waals surface area (Å²) in [6.07, 6.45) is 6.68. The van der Waals surface area contributed by atoms with Gasteiger partial charge in [-0.1, -0.05) is 40.7 Å². The number of furan rings is 1. The first-order valence-electron chi connectivity index (χ1n) is 10.6. The molecule has 0 fully saturated rings. The van der Waals surface area contributed by atoms with E-state index in [1.54, 1.807) is 30.4 Å².